The number of fused-ring (bicyclic) bond motifs is 1. The van der Waals surface area contributed by atoms with Gasteiger partial charge in [0.1, 0.15) is 5.75 Å². The summed E-state index contributed by atoms with van der Waals surface area (Å²) in [6.07, 6.45) is 0. The topological polar surface area (TPSA) is 46.5 Å². The number of aryl methyl sites for hydroxylation is 2. The van der Waals surface area contributed by atoms with Crippen LogP contribution in [0.1, 0.15) is 28.4 Å². The van der Waals surface area contributed by atoms with Gasteiger partial charge in [0.15, 0.2) is 0 Å². The van der Waals surface area contributed by atoms with Gasteiger partial charge in [-0.3, -0.25) is 4.79 Å². The van der Waals surface area contributed by atoms with Gasteiger partial charge < -0.3 is 9.84 Å². The zero-order valence-electron chi connectivity index (χ0n) is 8.42. The van der Waals surface area contributed by atoms with Crippen LogP contribution < -0.4 is 4.74 Å². The number of benzene rings is 1. The predicted molar refractivity (Wildman–Crippen MR) is 51.5 cm³/mol. The number of hydrogen-bond donors (Lipinski definition) is 1. The number of ether oxygens (including phenoxy) is 1. The summed E-state index contributed by atoms with van der Waals surface area (Å²) in [7, 11) is 0. The van der Waals surface area contributed by atoms with Crippen molar-refractivity contribution in [3.63, 3.8) is 0 Å². The zero-order valence-corrected chi connectivity index (χ0v) is 8.42. The van der Waals surface area contributed by atoms with Crippen LogP contribution in [0, 0.1) is 13.8 Å². The predicted octanol–water partition coefficient (Wildman–Crippen LogP) is 1.59. The van der Waals surface area contributed by atoms with E-state index in [1.807, 2.05) is 19.9 Å². The standard InChI is InChI=1S/C11H12O3/c1-6-4-7(2)9-8(5-6)14-11(3,13)10(9)12/h4-5,13H,1-3H3. The van der Waals surface area contributed by atoms with Gasteiger partial charge >= 0.3 is 0 Å². The molecule has 0 amide bonds. The second kappa shape index (κ2) is 2.58. The number of ketones is 1. The maximum absolute atomic E-state index is 11.7. The molecule has 1 aliphatic rings. The van der Waals surface area contributed by atoms with Crippen LogP contribution >= 0.6 is 0 Å². The third kappa shape index (κ3) is 1.13. The van der Waals surface area contributed by atoms with Crippen LogP contribution in [-0.4, -0.2) is 16.7 Å². The third-order valence-corrected chi connectivity index (χ3v) is 2.40. The molecule has 3 nitrogen and oxygen atoms in total. The summed E-state index contributed by atoms with van der Waals surface area (Å²) in [5, 5.41) is 9.63. The quantitative estimate of drug-likeness (QED) is 0.679. The molecule has 1 unspecified atom stereocenters. The molecule has 74 valence electrons. The summed E-state index contributed by atoms with van der Waals surface area (Å²) in [6.45, 7) is 5.13. The Balaban J connectivity index is 2.66. The van der Waals surface area contributed by atoms with Crippen molar-refractivity contribution < 1.29 is 14.6 Å². The SMILES string of the molecule is Cc1cc(C)c2c(c1)OC(C)(O)C2=O. The molecule has 0 bridgehead atoms. The van der Waals surface area contributed by atoms with Gasteiger partial charge in [-0.05, 0) is 31.0 Å². The van der Waals surface area contributed by atoms with Crippen molar-refractivity contribution in [1.82, 2.24) is 0 Å². The number of aliphatic hydroxyl groups is 1. The van der Waals surface area contributed by atoms with E-state index >= 15 is 0 Å². The van der Waals surface area contributed by atoms with Crippen LogP contribution in [0.2, 0.25) is 0 Å². The first-order valence-electron chi connectivity index (χ1n) is 4.49. The lowest BCUT2D eigenvalue weighted by Crippen LogP contribution is -2.35. The van der Waals surface area contributed by atoms with Crippen LogP contribution in [0.5, 0.6) is 5.75 Å². The summed E-state index contributed by atoms with van der Waals surface area (Å²) in [5.74, 6) is -1.57. The molecule has 0 saturated heterocycles. The highest BCUT2D eigenvalue weighted by Gasteiger charge is 2.43. The highest BCUT2D eigenvalue weighted by atomic mass is 16.6. The first-order chi connectivity index (χ1) is 6.42. The van der Waals surface area contributed by atoms with E-state index in [-0.39, 0.29) is 5.78 Å². The number of carbonyl (C=O) groups excluding carboxylic acids is 1. The van der Waals surface area contributed by atoms with Crippen molar-refractivity contribution in [1.29, 1.82) is 0 Å². The fraction of sp³-hybridized carbons (Fsp3) is 0.364. The van der Waals surface area contributed by atoms with E-state index in [0.717, 1.165) is 11.1 Å². The first-order valence-corrected chi connectivity index (χ1v) is 4.49. The first kappa shape index (κ1) is 9.21. The lowest BCUT2D eigenvalue weighted by molar-refractivity contribution is -0.0749. The molecular formula is C11H12O3. The second-order valence-electron chi connectivity index (χ2n) is 3.87. The average Bonchev–Trinajstić information content (AvgIpc) is 2.21. The van der Waals surface area contributed by atoms with Gasteiger partial charge in [0.2, 0.25) is 5.78 Å². The maximum Gasteiger partial charge on any atom is 0.270 e. The Labute approximate surface area is 82.3 Å². The molecule has 1 N–H and O–H groups in total. The Bertz CT molecular complexity index is 419. The highest BCUT2D eigenvalue weighted by Crippen LogP contribution is 2.36. The second-order valence-corrected chi connectivity index (χ2v) is 3.87. The number of Topliss-reactive ketones (excluding diaryl/α,β-unsaturated/α-hetero) is 1. The molecular weight excluding hydrogens is 180 g/mol. The minimum atomic E-state index is -1.69. The smallest absolute Gasteiger partial charge is 0.270 e. The Morgan fingerprint density at radius 2 is 2.00 bits per heavy atom. The Morgan fingerprint density at radius 3 is 2.64 bits per heavy atom. The van der Waals surface area contributed by atoms with E-state index in [0.29, 0.717) is 11.3 Å². The third-order valence-electron chi connectivity index (χ3n) is 2.40. The van der Waals surface area contributed by atoms with Gasteiger partial charge in [0, 0.05) is 6.92 Å². The summed E-state index contributed by atoms with van der Waals surface area (Å²) < 4.78 is 5.17. The Morgan fingerprint density at radius 1 is 1.36 bits per heavy atom. The van der Waals surface area contributed by atoms with E-state index in [1.54, 1.807) is 6.07 Å². The molecule has 1 aromatic carbocycles. The zero-order chi connectivity index (χ0) is 10.5. The van der Waals surface area contributed by atoms with E-state index < -0.39 is 5.79 Å². The molecule has 0 radical (unpaired) electrons. The van der Waals surface area contributed by atoms with Gasteiger partial charge in [0.25, 0.3) is 5.79 Å². The normalized spacial score (nSPS) is 24.7. The Hall–Kier alpha value is -1.35. The largest absolute Gasteiger partial charge is 0.454 e. The number of carbonyl (C=O) groups is 1. The minimum Gasteiger partial charge on any atom is -0.454 e. The molecule has 0 spiro atoms. The van der Waals surface area contributed by atoms with Gasteiger partial charge in [-0.1, -0.05) is 6.07 Å². The van der Waals surface area contributed by atoms with Crippen molar-refractivity contribution in [2.75, 3.05) is 0 Å². The summed E-state index contributed by atoms with van der Waals surface area (Å²) >= 11 is 0. The van der Waals surface area contributed by atoms with E-state index in [2.05, 4.69) is 0 Å². The lowest BCUT2D eigenvalue weighted by atomic mass is 10.00. The number of rotatable bonds is 0. The van der Waals surface area contributed by atoms with Crippen LogP contribution in [0.25, 0.3) is 0 Å². The summed E-state index contributed by atoms with van der Waals surface area (Å²) in [4.78, 5) is 11.7. The molecule has 1 atom stereocenters. The highest BCUT2D eigenvalue weighted by molar-refractivity contribution is 6.07. The minimum absolute atomic E-state index is 0.356. The molecule has 0 fully saturated rings. The molecule has 2 rings (SSSR count). The summed E-state index contributed by atoms with van der Waals surface area (Å²) in [6, 6.07) is 3.67. The van der Waals surface area contributed by atoms with Gasteiger partial charge in [-0.2, -0.15) is 0 Å². The van der Waals surface area contributed by atoms with Gasteiger partial charge in [0.05, 0.1) is 5.56 Å². The maximum atomic E-state index is 11.7. The van der Waals surface area contributed by atoms with Crippen molar-refractivity contribution >= 4 is 5.78 Å². The van der Waals surface area contributed by atoms with E-state index in [1.165, 1.54) is 6.92 Å². The molecule has 1 aromatic rings. The van der Waals surface area contributed by atoms with Crippen LogP contribution in [-0.2, 0) is 0 Å². The van der Waals surface area contributed by atoms with E-state index in [4.69, 9.17) is 4.74 Å². The monoisotopic (exact) mass is 192 g/mol. The number of hydrogen-bond acceptors (Lipinski definition) is 3. The summed E-state index contributed by atoms with van der Waals surface area (Å²) in [5.41, 5.74) is 2.37. The van der Waals surface area contributed by atoms with Crippen LogP contribution in [0.3, 0.4) is 0 Å². The lowest BCUT2D eigenvalue weighted by Gasteiger charge is -2.13. The van der Waals surface area contributed by atoms with Crippen LogP contribution in [0.15, 0.2) is 12.1 Å². The van der Waals surface area contributed by atoms with Crippen molar-refractivity contribution in [3.8, 4) is 5.75 Å². The fourth-order valence-corrected chi connectivity index (χ4v) is 1.79. The van der Waals surface area contributed by atoms with Crippen molar-refractivity contribution in [3.05, 3.63) is 28.8 Å². The molecule has 3 heteroatoms. The molecule has 0 saturated carbocycles. The molecule has 1 heterocycles. The van der Waals surface area contributed by atoms with E-state index in [9.17, 15) is 9.90 Å². The molecule has 14 heavy (non-hydrogen) atoms. The molecule has 1 aliphatic heterocycles. The molecule has 0 aliphatic carbocycles. The Kier molecular flexibility index (Phi) is 1.70. The van der Waals surface area contributed by atoms with Crippen molar-refractivity contribution in [2.24, 2.45) is 0 Å². The molecule has 0 aromatic heterocycles. The van der Waals surface area contributed by atoms with Crippen molar-refractivity contribution in [2.45, 2.75) is 26.6 Å². The van der Waals surface area contributed by atoms with Crippen LogP contribution in [0.4, 0.5) is 0 Å². The average molecular weight is 192 g/mol. The van der Waals surface area contributed by atoms with Gasteiger partial charge in [-0.25, -0.2) is 0 Å². The van der Waals surface area contributed by atoms with Gasteiger partial charge in [-0.15, -0.1) is 0 Å². The fourth-order valence-electron chi connectivity index (χ4n) is 1.79.